The third kappa shape index (κ3) is 5.36. The highest BCUT2D eigenvalue weighted by Crippen LogP contribution is 2.21. The predicted octanol–water partition coefficient (Wildman–Crippen LogP) is 4.37. The molecule has 120 valence electrons. The fourth-order valence-electron chi connectivity index (χ4n) is 1.76. The van der Waals surface area contributed by atoms with Gasteiger partial charge in [-0.25, -0.2) is 0 Å². The van der Waals surface area contributed by atoms with Crippen LogP contribution in [-0.2, 0) is 0 Å². The summed E-state index contributed by atoms with van der Waals surface area (Å²) < 4.78 is 0.677. The highest BCUT2D eigenvalue weighted by molar-refractivity contribution is 14.1. The third-order valence-corrected chi connectivity index (χ3v) is 5.08. The lowest BCUT2D eigenvalue weighted by molar-refractivity contribution is -0.384. The molecule has 0 spiro atoms. The number of non-ortho nitro benzene ring substituents is 1. The number of benzene rings is 2. The number of rotatable bonds is 6. The topological polar surface area (TPSA) is 72.2 Å². The molecule has 1 amide bonds. The molecule has 0 radical (unpaired) electrons. The molecule has 0 heterocycles. The van der Waals surface area contributed by atoms with Crippen molar-refractivity contribution in [3.05, 3.63) is 66.7 Å². The second kappa shape index (κ2) is 8.51. The van der Waals surface area contributed by atoms with Crippen LogP contribution in [0, 0.1) is 13.7 Å². The lowest BCUT2D eigenvalue weighted by Gasteiger charge is -2.07. The Kier molecular flexibility index (Phi) is 6.67. The van der Waals surface area contributed by atoms with Crippen LogP contribution in [0.25, 0.3) is 0 Å². The zero-order chi connectivity index (χ0) is 16.8. The minimum atomic E-state index is -0.511. The number of hydrogen-bond donors (Lipinski definition) is 1. The van der Waals surface area contributed by atoms with E-state index >= 15 is 0 Å². The molecule has 0 aliphatic rings. The number of nitrogens with one attached hydrogen (secondary N) is 1. The van der Waals surface area contributed by atoms with Gasteiger partial charge < -0.3 is 5.32 Å². The maximum Gasteiger partial charge on any atom is 0.270 e. The van der Waals surface area contributed by atoms with Gasteiger partial charge in [-0.1, -0.05) is 11.6 Å². The zero-order valence-corrected chi connectivity index (χ0v) is 15.5. The molecule has 1 N–H and O–H groups in total. The Hall–Kier alpha value is -1.32. The summed E-state index contributed by atoms with van der Waals surface area (Å²) in [4.78, 5) is 23.5. The molecule has 23 heavy (non-hydrogen) atoms. The van der Waals surface area contributed by atoms with Crippen molar-refractivity contribution in [2.75, 3.05) is 12.3 Å². The van der Waals surface area contributed by atoms with Crippen LogP contribution in [0.5, 0.6) is 0 Å². The van der Waals surface area contributed by atoms with E-state index in [2.05, 4.69) is 5.32 Å². The molecule has 0 saturated heterocycles. The Morgan fingerprint density at radius 3 is 2.61 bits per heavy atom. The number of amides is 1. The van der Waals surface area contributed by atoms with Crippen LogP contribution in [0.2, 0.25) is 5.02 Å². The molecule has 0 aliphatic carbocycles. The molecule has 0 aliphatic heterocycles. The highest BCUT2D eigenvalue weighted by Gasteiger charge is 2.15. The van der Waals surface area contributed by atoms with Crippen molar-refractivity contribution in [3.8, 4) is 0 Å². The second-order valence-electron chi connectivity index (χ2n) is 4.48. The lowest BCUT2D eigenvalue weighted by atomic mass is 10.2. The van der Waals surface area contributed by atoms with E-state index in [1.165, 1.54) is 12.1 Å². The SMILES string of the molecule is O=C(NCCSc1ccc(Cl)cc1)c1cc([N+](=O)[O-])ccc1I. The minimum Gasteiger partial charge on any atom is -0.351 e. The molecule has 2 rings (SSSR count). The molecule has 0 saturated carbocycles. The number of nitro groups is 1. The van der Waals surface area contributed by atoms with Crippen LogP contribution >= 0.6 is 46.0 Å². The van der Waals surface area contributed by atoms with Crippen molar-refractivity contribution in [2.45, 2.75) is 4.90 Å². The van der Waals surface area contributed by atoms with Gasteiger partial charge in [-0.15, -0.1) is 11.8 Å². The Morgan fingerprint density at radius 1 is 1.26 bits per heavy atom. The second-order valence-corrected chi connectivity index (χ2v) is 7.25. The fraction of sp³-hybridized carbons (Fsp3) is 0.133. The molecule has 0 atom stereocenters. The normalized spacial score (nSPS) is 10.3. The number of carbonyl (C=O) groups is 1. The van der Waals surface area contributed by atoms with Crippen molar-refractivity contribution in [1.82, 2.24) is 5.32 Å². The smallest absolute Gasteiger partial charge is 0.270 e. The van der Waals surface area contributed by atoms with Crippen LogP contribution in [-0.4, -0.2) is 23.1 Å². The van der Waals surface area contributed by atoms with Gasteiger partial charge in [0.25, 0.3) is 11.6 Å². The number of halogens is 2. The summed E-state index contributed by atoms with van der Waals surface area (Å²) in [6, 6.07) is 11.7. The average molecular weight is 463 g/mol. The number of carbonyl (C=O) groups excluding carboxylic acids is 1. The first kappa shape index (κ1) is 18.0. The van der Waals surface area contributed by atoms with Crippen molar-refractivity contribution in [1.29, 1.82) is 0 Å². The molecular weight excluding hydrogens is 451 g/mol. The van der Waals surface area contributed by atoms with Gasteiger partial charge in [0.2, 0.25) is 0 Å². The van der Waals surface area contributed by atoms with Gasteiger partial charge in [0.15, 0.2) is 0 Å². The standard InChI is InChI=1S/C15H12ClIN2O3S/c16-10-1-4-12(5-2-10)23-8-7-18-15(20)13-9-11(19(21)22)3-6-14(13)17/h1-6,9H,7-8H2,(H,18,20). The van der Waals surface area contributed by atoms with E-state index in [1.54, 1.807) is 17.8 Å². The van der Waals surface area contributed by atoms with Crippen LogP contribution in [0.3, 0.4) is 0 Å². The van der Waals surface area contributed by atoms with E-state index in [9.17, 15) is 14.9 Å². The minimum absolute atomic E-state index is 0.0916. The van der Waals surface area contributed by atoms with E-state index in [0.717, 1.165) is 4.90 Å². The summed E-state index contributed by atoms with van der Waals surface area (Å²) in [6.45, 7) is 0.463. The molecular formula is C15H12ClIN2O3S. The summed E-state index contributed by atoms with van der Waals surface area (Å²) >= 11 is 9.40. The molecule has 0 fully saturated rings. The highest BCUT2D eigenvalue weighted by atomic mass is 127. The van der Waals surface area contributed by atoms with E-state index in [4.69, 9.17) is 11.6 Å². The zero-order valence-electron chi connectivity index (χ0n) is 11.8. The predicted molar refractivity (Wildman–Crippen MR) is 100 cm³/mol. The van der Waals surface area contributed by atoms with E-state index in [1.807, 2.05) is 46.9 Å². The first-order valence-electron chi connectivity index (χ1n) is 6.58. The van der Waals surface area contributed by atoms with Gasteiger partial charge >= 0.3 is 0 Å². The van der Waals surface area contributed by atoms with Crippen LogP contribution in [0.1, 0.15) is 10.4 Å². The summed E-state index contributed by atoms with van der Waals surface area (Å²) in [6.07, 6.45) is 0. The largest absolute Gasteiger partial charge is 0.351 e. The van der Waals surface area contributed by atoms with E-state index in [-0.39, 0.29) is 11.6 Å². The lowest BCUT2D eigenvalue weighted by Crippen LogP contribution is -2.26. The Labute approximate surface area is 156 Å². The maximum absolute atomic E-state index is 12.1. The van der Waals surface area contributed by atoms with Gasteiger partial charge in [0, 0.05) is 37.9 Å². The van der Waals surface area contributed by atoms with E-state index in [0.29, 0.717) is 26.5 Å². The number of thioether (sulfide) groups is 1. The summed E-state index contributed by atoms with van der Waals surface area (Å²) in [5, 5.41) is 14.2. The van der Waals surface area contributed by atoms with Gasteiger partial charge in [-0.2, -0.15) is 0 Å². The molecule has 2 aromatic carbocycles. The van der Waals surface area contributed by atoms with Gasteiger partial charge in [0.05, 0.1) is 10.5 Å². The molecule has 2 aromatic rings. The van der Waals surface area contributed by atoms with Crippen molar-refractivity contribution >= 4 is 57.5 Å². The third-order valence-electron chi connectivity index (χ3n) is 2.88. The summed E-state index contributed by atoms with van der Waals surface area (Å²) in [5.74, 6) is 0.383. The van der Waals surface area contributed by atoms with Crippen molar-refractivity contribution in [3.63, 3.8) is 0 Å². The van der Waals surface area contributed by atoms with Crippen LogP contribution in [0.4, 0.5) is 5.69 Å². The average Bonchev–Trinajstić information content (AvgIpc) is 2.53. The van der Waals surface area contributed by atoms with Gasteiger partial charge in [-0.05, 0) is 52.9 Å². The summed E-state index contributed by atoms with van der Waals surface area (Å²) in [5.41, 5.74) is 0.224. The van der Waals surface area contributed by atoms with Crippen molar-refractivity contribution < 1.29 is 9.72 Å². The van der Waals surface area contributed by atoms with E-state index < -0.39 is 4.92 Å². The summed E-state index contributed by atoms with van der Waals surface area (Å²) in [7, 11) is 0. The molecule has 8 heteroatoms. The molecule has 0 bridgehead atoms. The van der Waals surface area contributed by atoms with Gasteiger partial charge in [0.1, 0.15) is 0 Å². The monoisotopic (exact) mass is 462 g/mol. The first-order chi connectivity index (χ1) is 11.0. The van der Waals surface area contributed by atoms with Crippen LogP contribution < -0.4 is 5.32 Å². The molecule has 5 nitrogen and oxygen atoms in total. The fourth-order valence-corrected chi connectivity index (χ4v) is 3.24. The quantitative estimate of drug-likeness (QED) is 0.227. The van der Waals surface area contributed by atoms with Gasteiger partial charge in [-0.3, -0.25) is 14.9 Å². The number of nitrogens with zero attached hydrogens (tertiary/aromatic N) is 1. The first-order valence-corrected chi connectivity index (χ1v) is 9.02. The van der Waals surface area contributed by atoms with Crippen LogP contribution in [0.15, 0.2) is 47.4 Å². The Morgan fingerprint density at radius 2 is 1.96 bits per heavy atom. The maximum atomic E-state index is 12.1. The van der Waals surface area contributed by atoms with Crippen molar-refractivity contribution in [2.24, 2.45) is 0 Å². The Bertz CT molecular complexity index is 725. The Balaban J connectivity index is 1.88. The molecule has 0 unspecified atom stereocenters. The molecule has 0 aromatic heterocycles. The number of hydrogen-bond acceptors (Lipinski definition) is 4. The number of nitro benzene ring substituents is 1.